The third-order valence-electron chi connectivity index (χ3n) is 6.28. The van der Waals surface area contributed by atoms with Crippen molar-refractivity contribution in [1.82, 2.24) is 14.8 Å². The first-order valence-corrected chi connectivity index (χ1v) is 10.1. The van der Waals surface area contributed by atoms with Crippen LogP contribution in [0, 0.1) is 12.3 Å². The molecule has 0 unspecified atom stereocenters. The Morgan fingerprint density at radius 3 is 2.39 bits per heavy atom. The summed E-state index contributed by atoms with van der Waals surface area (Å²) in [5.74, 6) is 0.357. The Bertz CT molecular complexity index is 840. The van der Waals surface area contributed by atoms with Crippen LogP contribution in [-0.4, -0.2) is 46.2 Å². The van der Waals surface area contributed by atoms with E-state index < -0.39 is 0 Å². The molecule has 5 nitrogen and oxygen atoms in total. The first kappa shape index (κ1) is 18.7. The highest BCUT2D eigenvalue weighted by molar-refractivity contribution is 5.94. The Kier molecular flexibility index (Phi) is 5.16. The number of carbonyl (C=O) groups is 2. The van der Waals surface area contributed by atoms with Crippen LogP contribution in [0.3, 0.4) is 0 Å². The minimum atomic E-state index is 0.121. The Morgan fingerprint density at radius 2 is 1.71 bits per heavy atom. The number of amides is 2. The minimum absolute atomic E-state index is 0.121. The Labute approximate surface area is 166 Å². The maximum atomic E-state index is 12.8. The van der Waals surface area contributed by atoms with E-state index in [1.807, 2.05) is 53.1 Å². The number of pyridine rings is 1. The largest absolute Gasteiger partial charge is 0.339 e. The summed E-state index contributed by atoms with van der Waals surface area (Å²) in [4.78, 5) is 33.3. The van der Waals surface area contributed by atoms with Gasteiger partial charge in [0.1, 0.15) is 0 Å². The van der Waals surface area contributed by atoms with Crippen LogP contribution in [0.2, 0.25) is 0 Å². The number of rotatable bonds is 3. The lowest BCUT2D eigenvalue weighted by atomic mass is 9.72. The number of benzene rings is 1. The molecule has 0 saturated carbocycles. The summed E-state index contributed by atoms with van der Waals surface area (Å²) in [5.41, 5.74) is 3.19. The van der Waals surface area contributed by atoms with Crippen molar-refractivity contribution >= 4 is 11.8 Å². The maximum Gasteiger partial charge on any atom is 0.253 e. The summed E-state index contributed by atoms with van der Waals surface area (Å²) in [7, 11) is 0. The van der Waals surface area contributed by atoms with E-state index in [-0.39, 0.29) is 17.2 Å². The van der Waals surface area contributed by atoms with Crippen molar-refractivity contribution in [2.45, 2.75) is 39.2 Å². The number of hydrogen-bond acceptors (Lipinski definition) is 3. The second-order valence-corrected chi connectivity index (χ2v) is 8.26. The van der Waals surface area contributed by atoms with E-state index in [1.54, 1.807) is 12.4 Å². The van der Waals surface area contributed by atoms with Gasteiger partial charge >= 0.3 is 0 Å². The van der Waals surface area contributed by atoms with Gasteiger partial charge in [-0.25, -0.2) is 0 Å². The van der Waals surface area contributed by atoms with Crippen molar-refractivity contribution in [2.24, 2.45) is 5.41 Å². The molecule has 5 heteroatoms. The SMILES string of the molecule is Cc1ccc(C(=O)N2CCC3(CCC(=O)N(Cc4ccncc4)C3)CC2)cc1. The number of likely N-dealkylation sites (tertiary alicyclic amines) is 2. The van der Waals surface area contributed by atoms with Crippen LogP contribution < -0.4 is 0 Å². The summed E-state index contributed by atoms with van der Waals surface area (Å²) in [6.07, 6.45) is 7.01. The van der Waals surface area contributed by atoms with Gasteiger partial charge in [-0.3, -0.25) is 14.6 Å². The van der Waals surface area contributed by atoms with Crippen molar-refractivity contribution in [2.75, 3.05) is 19.6 Å². The van der Waals surface area contributed by atoms with E-state index in [9.17, 15) is 9.59 Å². The number of carbonyl (C=O) groups excluding carboxylic acids is 2. The highest BCUT2D eigenvalue weighted by atomic mass is 16.2. The first-order valence-electron chi connectivity index (χ1n) is 10.1. The number of piperidine rings is 2. The average molecular weight is 377 g/mol. The van der Waals surface area contributed by atoms with Gasteiger partial charge < -0.3 is 9.80 Å². The van der Waals surface area contributed by atoms with Gasteiger partial charge in [0, 0.05) is 50.6 Å². The van der Waals surface area contributed by atoms with Crippen LogP contribution in [0.4, 0.5) is 0 Å². The average Bonchev–Trinajstić information content (AvgIpc) is 2.72. The molecule has 0 atom stereocenters. The number of hydrogen-bond donors (Lipinski definition) is 0. The van der Waals surface area contributed by atoms with Crippen molar-refractivity contribution in [1.29, 1.82) is 0 Å². The highest BCUT2D eigenvalue weighted by Crippen LogP contribution is 2.40. The van der Waals surface area contributed by atoms with Gasteiger partial charge in [-0.05, 0) is 61.4 Å². The molecular formula is C23H27N3O2. The third-order valence-corrected chi connectivity index (χ3v) is 6.28. The molecule has 4 rings (SSSR count). The zero-order chi connectivity index (χ0) is 19.6. The van der Waals surface area contributed by atoms with E-state index in [0.717, 1.165) is 55.6 Å². The molecule has 0 bridgehead atoms. The molecule has 0 N–H and O–H groups in total. The topological polar surface area (TPSA) is 53.5 Å². The van der Waals surface area contributed by atoms with Gasteiger partial charge in [0.15, 0.2) is 0 Å². The van der Waals surface area contributed by atoms with Crippen LogP contribution in [0.25, 0.3) is 0 Å². The molecule has 28 heavy (non-hydrogen) atoms. The van der Waals surface area contributed by atoms with Crippen LogP contribution in [0.5, 0.6) is 0 Å². The summed E-state index contributed by atoms with van der Waals surface area (Å²) in [5, 5.41) is 0. The fourth-order valence-corrected chi connectivity index (χ4v) is 4.43. The van der Waals surface area contributed by atoms with Crippen molar-refractivity contribution in [3.63, 3.8) is 0 Å². The summed E-state index contributed by atoms with van der Waals surface area (Å²) >= 11 is 0. The lowest BCUT2D eigenvalue weighted by molar-refractivity contribution is -0.139. The molecule has 2 aromatic rings. The van der Waals surface area contributed by atoms with Gasteiger partial charge in [-0.1, -0.05) is 17.7 Å². The van der Waals surface area contributed by atoms with Gasteiger partial charge in [0.2, 0.25) is 5.91 Å². The Morgan fingerprint density at radius 1 is 1.04 bits per heavy atom. The third kappa shape index (κ3) is 3.93. The first-order chi connectivity index (χ1) is 13.5. The summed E-state index contributed by atoms with van der Waals surface area (Å²) < 4.78 is 0. The molecule has 2 amide bonds. The molecule has 1 aromatic heterocycles. The van der Waals surface area contributed by atoms with Gasteiger partial charge in [0.05, 0.1) is 0 Å². The van der Waals surface area contributed by atoms with Crippen LogP contribution in [0.1, 0.15) is 47.2 Å². The Hall–Kier alpha value is -2.69. The predicted octanol–water partition coefficient (Wildman–Crippen LogP) is 3.44. The lowest BCUT2D eigenvalue weighted by Crippen LogP contribution is -2.52. The second-order valence-electron chi connectivity index (χ2n) is 8.26. The van der Waals surface area contributed by atoms with Crippen LogP contribution in [-0.2, 0) is 11.3 Å². The minimum Gasteiger partial charge on any atom is -0.339 e. The molecule has 2 aliphatic heterocycles. The molecule has 1 spiro atoms. The fourth-order valence-electron chi connectivity index (χ4n) is 4.43. The van der Waals surface area contributed by atoms with Crippen molar-refractivity contribution < 1.29 is 9.59 Å². The quantitative estimate of drug-likeness (QED) is 0.823. The second kappa shape index (κ2) is 7.74. The zero-order valence-corrected chi connectivity index (χ0v) is 16.4. The van der Waals surface area contributed by atoms with Gasteiger partial charge in [-0.15, -0.1) is 0 Å². The lowest BCUT2D eigenvalue weighted by Gasteiger charge is -2.47. The molecule has 0 aliphatic carbocycles. The zero-order valence-electron chi connectivity index (χ0n) is 16.4. The Balaban J connectivity index is 1.39. The smallest absolute Gasteiger partial charge is 0.253 e. The van der Waals surface area contributed by atoms with Gasteiger partial charge in [0.25, 0.3) is 5.91 Å². The number of nitrogens with zero attached hydrogens (tertiary/aromatic N) is 3. The summed E-state index contributed by atoms with van der Waals surface area (Å²) in [6, 6.07) is 11.7. The maximum absolute atomic E-state index is 12.8. The van der Waals surface area contributed by atoms with Crippen LogP contribution >= 0.6 is 0 Å². The number of aromatic nitrogens is 1. The summed E-state index contributed by atoms with van der Waals surface area (Å²) in [6.45, 7) is 5.00. The van der Waals surface area contributed by atoms with Crippen molar-refractivity contribution in [3.05, 3.63) is 65.5 Å². The van der Waals surface area contributed by atoms with E-state index >= 15 is 0 Å². The van der Waals surface area contributed by atoms with Crippen LogP contribution in [0.15, 0.2) is 48.8 Å². The molecule has 146 valence electrons. The van der Waals surface area contributed by atoms with Crippen molar-refractivity contribution in [3.8, 4) is 0 Å². The predicted molar refractivity (Wildman–Crippen MR) is 108 cm³/mol. The molecule has 2 aliphatic rings. The normalized spacial score (nSPS) is 19.1. The monoisotopic (exact) mass is 377 g/mol. The highest BCUT2D eigenvalue weighted by Gasteiger charge is 2.41. The van der Waals surface area contributed by atoms with Gasteiger partial charge in [-0.2, -0.15) is 0 Å². The number of aryl methyl sites for hydroxylation is 1. The molecule has 3 heterocycles. The molecule has 2 saturated heterocycles. The van der Waals surface area contributed by atoms with E-state index in [0.29, 0.717) is 13.0 Å². The van der Waals surface area contributed by atoms with E-state index in [2.05, 4.69) is 4.98 Å². The molecule has 1 aromatic carbocycles. The van der Waals surface area contributed by atoms with E-state index in [4.69, 9.17) is 0 Å². The standard InChI is InChI=1S/C23H27N3O2/c1-18-2-4-20(5-3-18)22(28)25-14-10-23(11-15-25)9-6-21(27)26(17-23)16-19-7-12-24-13-8-19/h2-5,7-8,12-13H,6,9-11,14-17H2,1H3. The molecule has 2 fully saturated rings. The fraction of sp³-hybridized carbons (Fsp3) is 0.435. The van der Waals surface area contributed by atoms with E-state index in [1.165, 1.54) is 0 Å². The molecular weight excluding hydrogens is 350 g/mol. The molecule has 0 radical (unpaired) electrons.